The lowest BCUT2D eigenvalue weighted by molar-refractivity contribution is -0.131. The van der Waals surface area contributed by atoms with E-state index in [0.29, 0.717) is 0 Å². The zero-order chi connectivity index (χ0) is 13.1. The van der Waals surface area contributed by atoms with Crippen molar-refractivity contribution < 1.29 is 9.90 Å². The maximum absolute atomic E-state index is 10.4. The van der Waals surface area contributed by atoms with Gasteiger partial charge in [0.05, 0.1) is 12.2 Å². The third kappa shape index (κ3) is 3.07. The molecule has 0 amide bonds. The summed E-state index contributed by atoms with van der Waals surface area (Å²) in [4.78, 5) is 12.5. The van der Waals surface area contributed by atoms with Crippen LogP contribution < -0.4 is 0 Å². The lowest BCUT2D eigenvalue weighted by atomic mass is 10.4. The highest BCUT2D eigenvalue weighted by Gasteiger charge is 2.04. The molecule has 0 aliphatic heterocycles. The van der Waals surface area contributed by atoms with E-state index in [1.807, 2.05) is 36.7 Å². The van der Waals surface area contributed by atoms with E-state index in [0.717, 1.165) is 33.8 Å². The largest absolute Gasteiger partial charge is 0.478 e. The van der Waals surface area contributed by atoms with Crippen LogP contribution in [0, 0.1) is 13.8 Å². The Morgan fingerprint density at radius 3 is 2.89 bits per heavy atom. The van der Waals surface area contributed by atoms with Crippen molar-refractivity contribution in [2.45, 2.75) is 20.4 Å². The molecule has 2 heterocycles. The first-order valence-electron chi connectivity index (χ1n) is 5.55. The number of carboxylic acids is 1. The second kappa shape index (κ2) is 5.18. The van der Waals surface area contributed by atoms with Crippen LogP contribution in [0.2, 0.25) is 0 Å². The predicted octanol–water partition coefficient (Wildman–Crippen LogP) is 2.71. The Hall–Kier alpha value is -1.88. The molecule has 0 unspecified atom stereocenters. The Morgan fingerprint density at radius 2 is 2.28 bits per heavy atom. The zero-order valence-corrected chi connectivity index (χ0v) is 11.1. The summed E-state index contributed by atoms with van der Waals surface area (Å²) < 4.78 is 1.95. The SMILES string of the molecule is Cc1cc(C)n(Cc2ccc(C=CC(=O)O)s2)n1. The molecule has 0 aliphatic rings. The molecule has 94 valence electrons. The summed E-state index contributed by atoms with van der Waals surface area (Å²) in [6, 6.07) is 5.96. The summed E-state index contributed by atoms with van der Waals surface area (Å²) in [6.45, 7) is 4.73. The van der Waals surface area contributed by atoms with Gasteiger partial charge >= 0.3 is 5.97 Å². The highest BCUT2D eigenvalue weighted by Crippen LogP contribution is 2.19. The van der Waals surface area contributed by atoms with E-state index >= 15 is 0 Å². The predicted molar refractivity (Wildman–Crippen MR) is 71.8 cm³/mol. The van der Waals surface area contributed by atoms with Crippen molar-refractivity contribution in [1.82, 2.24) is 9.78 Å². The van der Waals surface area contributed by atoms with E-state index in [9.17, 15) is 4.79 Å². The Balaban J connectivity index is 2.11. The highest BCUT2D eigenvalue weighted by atomic mass is 32.1. The van der Waals surface area contributed by atoms with Gasteiger partial charge in [-0.3, -0.25) is 4.68 Å². The van der Waals surface area contributed by atoms with Crippen LogP contribution in [-0.2, 0) is 11.3 Å². The smallest absolute Gasteiger partial charge is 0.328 e. The monoisotopic (exact) mass is 262 g/mol. The van der Waals surface area contributed by atoms with Crippen LogP contribution >= 0.6 is 11.3 Å². The molecule has 0 saturated heterocycles. The Morgan fingerprint density at radius 1 is 1.50 bits per heavy atom. The summed E-state index contributed by atoms with van der Waals surface area (Å²) in [5.74, 6) is -0.927. The number of carboxylic acid groups (broad SMARTS) is 1. The molecule has 2 aromatic rings. The van der Waals surface area contributed by atoms with Gasteiger partial charge in [-0.2, -0.15) is 5.10 Å². The zero-order valence-electron chi connectivity index (χ0n) is 10.3. The van der Waals surface area contributed by atoms with E-state index < -0.39 is 5.97 Å². The van der Waals surface area contributed by atoms with Crippen molar-refractivity contribution in [1.29, 1.82) is 0 Å². The van der Waals surface area contributed by atoms with Gasteiger partial charge in [-0.1, -0.05) is 0 Å². The topological polar surface area (TPSA) is 55.1 Å². The molecular weight excluding hydrogens is 248 g/mol. The standard InChI is InChI=1S/C13H14N2O2S/c1-9-7-10(2)15(14-9)8-12-4-3-11(18-12)5-6-13(16)17/h3-7H,8H2,1-2H3,(H,16,17). The number of rotatable bonds is 4. The van der Waals surface area contributed by atoms with Gasteiger partial charge in [0.15, 0.2) is 0 Å². The minimum atomic E-state index is -0.927. The van der Waals surface area contributed by atoms with Gasteiger partial charge in [-0.05, 0) is 38.1 Å². The van der Waals surface area contributed by atoms with E-state index in [4.69, 9.17) is 5.11 Å². The molecule has 0 fully saturated rings. The molecule has 2 rings (SSSR count). The number of thiophene rings is 1. The first-order chi connectivity index (χ1) is 8.54. The minimum absolute atomic E-state index is 0.727. The van der Waals surface area contributed by atoms with E-state index in [2.05, 4.69) is 5.10 Å². The molecule has 0 atom stereocenters. The number of carbonyl (C=O) groups is 1. The van der Waals surface area contributed by atoms with Crippen molar-refractivity contribution in [3.63, 3.8) is 0 Å². The summed E-state index contributed by atoms with van der Waals surface area (Å²) in [5, 5.41) is 13.0. The summed E-state index contributed by atoms with van der Waals surface area (Å²) in [7, 11) is 0. The van der Waals surface area contributed by atoms with E-state index in [1.165, 1.54) is 0 Å². The normalized spacial score (nSPS) is 11.2. The molecule has 0 radical (unpaired) electrons. The third-order valence-corrected chi connectivity index (χ3v) is 3.52. The van der Waals surface area contributed by atoms with Gasteiger partial charge < -0.3 is 5.11 Å². The first-order valence-corrected chi connectivity index (χ1v) is 6.37. The molecule has 0 saturated carbocycles. The second-order valence-electron chi connectivity index (χ2n) is 4.06. The molecule has 0 spiro atoms. The quantitative estimate of drug-likeness (QED) is 0.862. The lowest BCUT2D eigenvalue weighted by Crippen LogP contribution is -2.02. The number of hydrogen-bond acceptors (Lipinski definition) is 3. The Bertz CT molecular complexity index is 596. The van der Waals surface area contributed by atoms with Gasteiger partial charge in [0, 0.05) is 21.5 Å². The third-order valence-electron chi connectivity index (χ3n) is 2.48. The van der Waals surface area contributed by atoms with Gasteiger partial charge in [0.2, 0.25) is 0 Å². The van der Waals surface area contributed by atoms with Crippen LogP contribution in [0.3, 0.4) is 0 Å². The van der Waals surface area contributed by atoms with Gasteiger partial charge in [0.1, 0.15) is 0 Å². The number of nitrogens with zero attached hydrogens (tertiary/aromatic N) is 2. The molecule has 1 N–H and O–H groups in total. The fraction of sp³-hybridized carbons (Fsp3) is 0.231. The average Bonchev–Trinajstić information content (AvgIpc) is 2.84. The number of aliphatic carboxylic acids is 1. The molecule has 0 aliphatic carbocycles. The van der Waals surface area contributed by atoms with Crippen molar-refractivity contribution in [3.05, 3.63) is 45.4 Å². The molecule has 18 heavy (non-hydrogen) atoms. The maximum atomic E-state index is 10.4. The van der Waals surface area contributed by atoms with Gasteiger partial charge in [0.25, 0.3) is 0 Å². The van der Waals surface area contributed by atoms with Crippen molar-refractivity contribution in [2.24, 2.45) is 0 Å². The fourth-order valence-electron chi connectivity index (χ4n) is 1.71. The molecular formula is C13H14N2O2S. The van der Waals surface area contributed by atoms with Crippen LogP contribution in [-0.4, -0.2) is 20.9 Å². The molecule has 5 heteroatoms. The van der Waals surface area contributed by atoms with Crippen LogP contribution in [0.5, 0.6) is 0 Å². The highest BCUT2D eigenvalue weighted by molar-refractivity contribution is 7.12. The number of hydrogen-bond donors (Lipinski definition) is 1. The fourth-order valence-corrected chi connectivity index (χ4v) is 2.60. The molecule has 0 aromatic carbocycles. The Labute approximate surface area is 109 Å². The van der Waals surface area contributed by atoms with Crippen LogP contribution in [0.25, 0.3) is 6.08 Å². The lowest BCUT2D eigenvalue weighted by Gasteiger charge is -2.00. The van der Waals surface area contributed by atoms with Gasteiger partial charge in [-0.25, -0.2) is 4.79 Å². The van der Waals surface area contributed by atoms with Crippen LogP contribution in [0.15, 0.2) is 24.3 Å². The Kier molecular flexibility index (Phi) is 3.62. The minimum Gasteiger partial charge on any atom is -0.478 e. The summed E-state index contributed by atoms with van der Waals surface area (Å²) >= 11 is 1.58. The first kappa shape index (κ1) is 12.6. The van der Waals surface area contributed by atoms with Crippen molar-refractivity contribution >= 4 is 23.4 Å². The summed E-state index contributed by atoms with van der Waals surface area (Å²) in [6.07, 6.45) is 2.76. The van der Waals surface area contributed by atoms with E-state index in [-0.39, 0.29) is 0 Å². The summed E-state index contributed by atoms with van der Waals surface area (Å²) in [5.41, 5.74) is 2.14. The molecule has 0 bridgehead atoms. The second-order valence-corrected chi connectivity index (χ2v) is 5.26. The van der Waals surface area contributed by atoms with Gasteiger partial charge in [-0.15, -0.1) is 11.3 Å². The average molecular weight is 262 g/mol. The maximum Gasteiger partial charge on any atom is 0.328 e. The van der Waals surface area contributed by atoms with E-state index in [1.54, 1.807) is 17.4 Å². The van der Waals surface area contributed by atoms with Crippen molar-refractivity contribution in [2.75, 3.05) is 0 Å². The molecule has 4 nitrogen and oxygen atoms in total. The van der Waals surface area contributed by atoms with Crippen LogP contribution in [0.1, 0.15) is 21.1 Å². The number of aryl methyl sites for hydroxylation is 2. The molecule has 2 aromatic heterocycles. The van der Waals surface area contributed by atoms with Crippen molar-refractivity contribution in [3.8, 4) is 0 Å². The number of aromatic nitrogens is 2. The van der Waals surface area contributed by atoms with Crippen LogP contribution in [0.4, 0.5) is 0 Å².